The Morgan fingerprint density at radius 3 is 2.25 bits per heavy atom. The Balaban J connectivity index is 2.66. The largest absolute Gasteiger partial charge is 0.340 e. The molecule has 0 unspecified atom stereocenters. The molecule has 0 aliphatic carbocycles. The third kappa shape index (κ3) is 3.54. The summed E-state index contributed by atoms with van der Waals surface area (Å²) in [7, 11) is 0. The molecule has 86 valence electrons. The van der Waals surface area contributed by atoms with Crippen LogP contribution in [0.25, 0.3) is 6.08 Å². The summed E-state index contributed by atoms with van der Waals surface area (Å²) in [5.41, 5.74) is 2.29. The summed E-state index contributed by atoms with van der Waals surface area (Å²) in [5, 5.41) is 0. The van der Waals surface area contributed by atoms with Gasteiger partial charge in [0.15, 0.2) is 0 Å². The fourth-order valence-corrected chi connectivity index (χ4v) is 1.49. The SMILES string of the molecule is CCN(CC)C(=O)/C=C/c1ccc(C)cc1. The molecule has 0 aromatic heterocycles. The van der Waals surface area contributed by atoms with Gasteiger partial charge in [-0.3, -0.25) is 4.79 Å². The average Bonchev–Trinajstić information content (AvgIpc) is 2.30. The molecule has 0 fully saturated rings. The number of amides is 1. The third-order valence-electron chi connectivity index (χ3n) is 2.57. The van der Waals surface area contributed by atoms with Gasteiger partial charge in [-0.05, 0) is 32.4 Å². The van der Waals surface area contributed by atoms with Gasteiger partial charge in [0.1, 0.15) is 0 Å². The smallest absolute Gasteiger partial charge is 0.246 e. The van der Waals surface area contributed by atoms with Gasteiger partial charge in [0.05, 0.1) is 0 Å². The van der Waals surface area contributed by atoms with Crippen molar-refractivity contribution in [2.75, 3.05) is 13.1 Å². The van der Waals surface area contributed by atoms with Crippen LogP contribution in [0.15, 0.2) is 30.3 Å². The van der Waals surface area contributed by atoms with E-state index in [0.717, 1.165) is 18.7 Å². The van der Waals surface area contributed by atoms with Gasteiger partial charge in [0, 0.05) is 19.2 Å². The lowest BCUT2D eigenvalue weighted by atomic mass is 10.1. The summed E-state index contributed by atoms with van der Waals surface area (Å²) in [6, 6.07) is 8.12. The minimum Gasteiger partial charge on any atom is -0.340 e. The zero-order valence-electron chi connectivity index (χ0n) is 10.2. The van der Waals surface area contributed by atoms with E-state index in [1.165, 1.54) is 5.56 Å². The standard InChI is InChI=1S/C14H19NO/c1-4-15(5-2)14(16)11-10-13-8-6-12(3)7-9-13/h6-11H,4-5H2,1-3H3/b11-10+. The number of carbonyl (C=O) groups is 1. The van der Waals surface area contributed by atoms with Crippen LogP contribution in [0.4, 0.5) is 0 Å². The van der Waals surface area contributed by atoms with Crippen LogP contribution < -0.4 is 0 Å². The zero-order valence-corrected chi connectivity index (χ0v) is 10.2. The molecule has 0 aliphatic heterocycles. The van der Waals surface area contributed by atoms with Crippen LogP contribution >= 0.6 is 0 Å². The first-order valence-corrected chi connectivity index (χ1v) is 5.71. The van der Waals surface area contributed by atoms with Crippen LogP contribution in [0, 0.1) is 6.92 Å². The fourth-order valence-electron chi connectivity index (χ4n) is 1.49. The van der Waals surface area contributed by atoms with Crippen molar-refractivity contribution in [2.45, 2.75) is 20.8 Å². The highest BCUT2D eigenvalue weighted by atomic mass is 16.2. The molecule has 0 saturated heterocycles. The molecule has 0 aliphatic rings. The quantitative estimate of drug-likeness (QED) is 0.710. The highest BCUT2D eigenvalue weighted by molar-refractivity contribution is 5.91. The predicted octanol–water partition coefficient (Wildman–Crippen LogP) is 2.88. The second-order valence-corrected chi connectivity index (χ2v) is 3.75. The van der Waals surface area contributed by atoms with Crippen LogP contribution in [-0.2, 0) is 4.79 Å². The molecule has 0 radical (unpaired) electrons. The second-order valence-electron chi connectivity index (χ2n) is 3.75. The molecule has 0 heterocycles. The summed E-state index contributed by atoms with van der Waals surface area (Å²) >= 11 is 0. The molecule has 0 spiro atoms. The second kappa shape index (κ2) is 6.11. The Bertz CT molecular complexity index is 361. The first-order valence-electron chi connectivity index (χ1n) is 5.71. The predicted molar refractivity (Wildman–Crippen MR) is 68.1 cm³/mol. The van der Waals surface area contributed by atoms with Gasteiger partial charge < -0.3 is 4.90 Å². The minimum absolute atomic E-state index is 0.0746. The topological polar surface area (TPSA) is 20.3 Å². The Morgan fingerprint density at radius 1 is 1.19 bits per heavy atom. The Kier molecular flexibility index (Phi) is 4.77. The van der Waals surface area contributed by atoms with E-state index < -0.39 is 0 Å². The molecule has 0 saturated carbocycles. The van der Waals surface area contributed by atoms with E-state index in [1.54, 1.807) is 11.0 Å². The van der Waals surface area contributed by atoms with Crippen molar-refractivity contribution in [3.63, 3.8) is 0 Å². The molecule has 1 aromatic carbocycles. The summed E-state index contributed by atoms with van der Waals surface area (Å²) < 4.78 is 0. The monoisotopic (exact) mass is 217 g/mol. The van der Waals surface area contributed by atoms with Crippen molar-refractivity contribution in [1.82, 2.24) is 4.90 Å². The summed E-state index contributed by atoms with van der Waals surface area (Å²) in [5.74, 6) is 0.0746. The van der Waals surface area contributed by atoms with Crippen molar-refractivity contribution < 1.29 is 4.79 Å². The van der Waals surface area contributed by atoms with Crippen LogP contribution in [-0.4, -0.2) is 23.9 Å². The highest BCUT2D eigenvalue weighted by Crippen LogP contribution is 2.05. The molecule has 0 N–H and O–H groups in total. The molecule has 0 atom stereocenters. The lowest BCUT2D eigenvalue weighted by molar-refractivity contribution is -0.125. The van der Waals surface area contributed by atoms with Crippen molar-refractivity contribution >= 4 is 12.0 Å². The minimum atomic E-state index is 0.0746. The lowest BCUT2D eigenvalue weighted by Gasteiger charge is -2.15. The number of likely N-dealkylation sites (N-methyl/N-ethyl adjacent to an activating group) is 1. The molecule has 2 nitrogen and oxygen atoms in total. The first kappa shape index (κ1) is 12.5. The summed E-state index contributed by atoms with van der Waals surface area (Å²) in [6.07, 6.45) is 3.50. The van der Waals surface area contributed by atoms with Crippen molar-refractivity contribution in [2.24, 2.45) is 0 Å². The third-order valence-corrected chi connectivity index (χ3v) is 2.57. The normalized spacial score (nSPS) is 10.7. The van der Waals surface area contributed by atoms with Crippen molar-refractivity contribution in [1.29, 1.82) is 0 Å². The summed E-state index contributed by atoms with van der Waals surface area (Å²) in [4.78, 5) is 13.5. The van der Waals surface area contributed by atoms with Crippen LogP contribution in [0.2, 0.25) is 0 Å². The number of aryl methyl sites for hydroxylation is 1. The molecule has 0 bridgehead atoms. The molecule has 16 heavy (non-hydrogen) atoms. The van der Waals surface area contributed by atoms with Crippen molar-refractivity contribution in [3.05, 3.63) is 41.5 Å². The van der Waals surface area contributed by atoms with E-state index in [1.807, 2.05) is 44.2 Å². The van der Waals surface area contributed by atoms with Crippen LogP contribution in [0.3, 0.4) is 0 Å². The molecule has 2 heteroatoms. The van der Waals surface area contributed by atoms with Gasteiger partial charge in [-0.1, -0.05) is 29.8 Å². The van der Waals surface area contributed by atoms with Gasteiger partial charge >= 0.3 is 0 Å². The Hall–Kier alpha value is -1.57. The molecule has 1 amide bonds. The maximum Gasteiger partial charge on any atom is 0.246 e. The molecular formula is C14H19NO. The van der Waals surface area contributed by atoms with Gasteiger partial charge in [0.2, 0.25) is 5.91 Å². The van der Waals surface area contributed by atoms with E-state index in [2.05, 4.69) is 6.92 Å². The van der Waals surface area contributed by atoms with Crippen LogP contribution in [0.1, 0.15) is 25.0 Å². The van der Waals surface area contributed by atoms with E-state index in [9.17, 15) is 4.79 Å². The molecular weight excluding hydrogens is 198 g/mol. The van der Waals surface area contributed by atoms with E-state index in [-0.39, 0.29) is 5.91 Å². The average molecular weight is 217 g/mol. The highest BCUT2D eigenvalue weighted by Gasteiger charge is 2.03. The number of rotatable bonds is 4. The number of nitrogens with zero attached hydrogens (tertiary/aromatic N) is 1. The Labute approximate surface area is 97.6 Å². The molecule has 1 aromatic rings. The van der Waals surface area contributed by atoms with Crippen LogP contribution in [0.5, 0.6) is 0 Å². The zero-order chi connectivity index (χ0) is 12.0. The van der Waals surface area contributed by atoms with Gasteiger partial charge in [-0.25, -0.2) is 0 Å². The maximum atomic E-state index is 11.7. The number of carbonyl (C=O) groups excluding carboxylic acids is 1. The molecule has 1 rings (SSSR count). The Morgan fingerprint density at radius 2 is 1.75 bits per heavy atom. The van der Waals surface area contributed by atoms with Gasteiger partial charge in [-0.15, -0.1) is 0 Å². The lowest BCUT2D eigenvalue weighted by Crippen LogP contribution is -2.28. The number of hydrogen-bond acceptors (Lipinski definition) is 1. The number of benzene rings is 1. The van der Waals surface area contributed by atoms with Crippen molar-refractivity contribution in [3.8, 4) is 0 Å². The van der Waals surface area contributed by atoms with E-state index >= 15 is 0 Å². The summed E-state index contributed by atoms with van der Waals surface area (Å²) in [6.45, 7) is 7.54. The van der Waals surface area contributed by atoms with E-state index in [4.69, 9.17) is 0 Å². The van der Waals surface area contributed by atoms with Gasteiger partial charge in [-0.2, -0.15) is 0 Å². The first-order chi connectivity index (χ1) is 7.67. The number of hydrogen-bond donors (Lipinski definition) is 0. The fraction of sp³-hybridized carbons (Fsp3) is 0.357. The van der Waals surface area contributed by atoms with Gasteiger partial charge in [0.25, 0.3) is 0 Å². The van der Waals surface area contributed by atoms with E-state index in [0.29, 0.717) is 0 Å². The maximum absolute atomic E-state index is 11.7.